The number of nitrogens with zero attached hydrogens (tertiary/aromatic N) is 1. The molecule has 2 fully saturated rings. The molecular weight excluding hydrogens is 446 g/mol. The van der Waals surface area contributed by atoms with E-state index in [0.29, 0.717) is 5.56 Å². The lowest BCUT2D eigenvalue weighted by molar-refractivity contribution is -0.190. The number of fused-ring (bicyclic) bond motifs is 1. The molecule has 0 bridgehead atoms. The molecule has 0 aliphatic carbocycles. The van der Waals surface area contributed by atoms with Gasteiger partial charge in [0.15, 0.2) is 0 Å². The molecule has 170 valence electrons. The lowest BCUT2D eigenvalue weighted by atomic mass is 9.95. The van der Waals surface area contributed by atoms with Crippen molar-refractivity contribution in [3.63, 3.8) is 0 Å². The van der Waals surface area contributed by atoms with Crippen LogP contribution in [0.2, 0.25) is 0 Å². The molecule has 0 spiro atoms. The fourth-order valence-corrected chi connectivity index (χ4v) is 5.29. The van der Waals surface area contributed by atoms with Gasteiger partial charge in [0.2, 0.25) is 18.1 Å². The first-order chi connectivity index (χ1) is 14.0. The molecule has 3 rings (SSSR count). The molecular formula is C20H26ClN3O6S. The summed E-state index contributed by atoms with van der Waals surface area (Å²) in [7, 11) is 0. The van der Waals surface area contributed by atoms with Crippen molar-refractivity contribution in [2.75, 3.05) is 0 Å². The molecule has 2 amide bonds. The summed E-state index contributed by atoms with van der Waals surface area (Å²) < 4.78 is 9.37. The van der Waals surface area contributed by atoms with Gasteiger partial charge in [-0.3, -0.25) is 14.4 Å². The average molecular weight is 472 g/mol. The second kappa shape index (κ2) is 9.46. The summed E-state index contributed by atoms with van der Waals surface area (Å²) in [5, 5.41) is 2.29. The molecule has 0 radical (unpaired) electrons. The molecule has 9 nitrogen and oxygen atoms in total. The van der Waals surface area contributed by atoms with Crippen molar-refractivity contribution >= 4 is 47.9 Å². The Kier molecular flexibility index (Phi) is 7.61. The highest BCUT2D eigenvalue weighted by molar-refractivity contribution is 8.01. The van der Waals surface area contributed by atoms with Crippen LogP contribution in [0, 0.1) is 0 Å². The third-order valence-corrected chi connectivity index (χ3v) is 6.59. The maximum absolute atomic E-state index is 12.8. The van der Waals surface area contributed by atoms with Crippen molar-refractivity contribution in [2.45, 2.75) is 62.2 Å². The lowest BCUT2D eigenvalue weighted by Gasteiger charge is -2.44. The minimum absolute atomic E-state index is 0. The van der Waals surface area contributed by atoms with Crippen LogP contribution in [0.4, 0.5) is 0 Å². The number of hydrogen-bond acceptors (Lipinski definition) is 8. The van der Waals surface area contributed by atoms with E-state index in [9.17, 15) is 19.2 Å². The Labute approximate surface area is 190 Å². The molecule has 11 heteroatoms. The number of esters is 2. The van der Waals surface area contributed by atoms with Crippen LogP contribution < -0.4 is 11.1 Å². The average Bonchev–Trinajstić information content (AvgIpc) is 2.93. The monoisotopic (exact) mass is 471 g/mol. The van der Waals surface area contributed by atoms with E-state index in [2.05, 4.69) is 5.32 Å². The van der Waals surface area contributed by atoms with Gasteiger partial charge in [0.05, 0.1) is 0 Å². The number of benzene rings is 1. The predicted molar refractivity (Wildman–Crippen MR) is 116 cm³/mol. The quantitative estimate of drug-likeness (QED) is 0.358. The van der Waals surface area contributed by atoms with E-state index in [1.807, 2.05) is 19.9 Å². The number of halogens is 1. The van der Waals surface area contributed by atoms with E-state index in [1.54, 1.807) is 24.3 Å². The van der Waals surface area contributed by atoms with Gasteiger partial charge in [0.1, 0.15) is 23.5 Å². The Morgan fingerprint density at radius 1 is 1.19 bits per heavy atom. The van der Waals surface area contributed by atoms with Crippen molar-refractivity contribution < 1.29 is 28.7 Å². The molecule has 2 aliphatic heterocycles. The molecule has 2 aliphatic rings. The molecule has 1 aromatic rings. The molecule has 2 heterocycles. The molecule has 31 heavy (non-hydrogen) atoms. The summed E-state index contributed by atoms with van der Waals surface area (Å²) in [6, 6.07) is 6.31. The Bertz CT molecular complexity index is 868. The number of nitrogens with two attached hydrogens (primary N) is 1. The van der Waals surface area contributed by atoms with E-state index in [1.165, 1.54) is 30.5 Å². The van der Waals surface area contributed by atoms with Crippen LogP contribution in [-0.2, 0) is 28.7 Å². The number of amides is 2. The van der Waals surface area contributed by atoms with Crippen molar-refractivity contribution in [2.24, 2.45) is 5.73 Å². The number of nitrogens with one attached hydrogen (secondary N) is 1. The van der Waals surface area contributed by atoms with Gasteiger partial charge in [-0.25, -0.2) is 4.79 Å². The van der Waals surface area contributed by atoms with Crippen LogP contribution in [0.15, 0.2) is 30.3 Å². The largest absolute Gasteiger partial charge is 0.426 e. The summed E-state index contributed by atoms with van der Waals surface area (Å²) in [5.74, 6) is -2.09. The highest BCUT2D eigenvalue weighted by atomic mass is 35.5. The fraction of sp³-hybridized carbons (Fsp3) is 0.500. The van der Waals surface area contributed by atoms with Gasteiger partial charge < -0.3 is 25.4 Å². The predicted octanol–water partition coefficient (Wildman–Crippen LogP) is 1.11. The summed E-state index contributed by atoms with van der Waals surface area (Å²) in [6.07, 6.45) is -1.06. The van der Waals surface area contributed by atoms with E-state index in [-0.39, 0.29) is 18.3 Å². The highest BCUT2D eigenvalue weighted by Crippen LogP contribution is 2.51. The molecule has 2 unspecified atom stereocenters. The second-order valence-electron chi connectivity index (χ2n) is 7.75. The normalized spacial score (nSPS) is 25.3. The first-order valence-electron chi connectivity index (χ1n) is 9.51. The molecule has 1 aromatic carbocycles. The number of thioether (sulfide) groups is 1. The van der Waals surface area contributed by atoms with Crippen LogP contribution in [0.3, 0.4) is 0 Å². The Morgan fingerprint density at radius 2 is 1.81 bits per heavy atom. The maximum atomic E-state index is 12.8. The molecule has 5 atom stereocenters. The van der Waals surface area contributed by atoms with E-state index in [0.717, 1.165) is 0 Å². The Balaban J connectivity index is 0.00000341. The number of hydrogen-bond donors (Lipinski definition) is 2. The zero-order valence-corrected chi connectivity index (χ0v) is 19.2. The summed E-state index contributed by atoms with van der Waals surface area (Å²) >= 11 is 1.40. The third-order valence-electron chi connectivity index (χ3n) is 5.02. The van der Waals surface area contributed by atoms with Crippen LogP contribution in [0.5, 0.6) is 0 Å². The summed E-state index contributed by atoms with van der Waals surface area (Å²) in [4.78, 5) is 50.4. The van der Waals surface area contributed by atoms with Crippen molar-refractivity contribution in [1.82, 2.24) is 10.2 Å². The number of rotatable bonds is 6. The van der Waals surface area contributed by atoms with Gasteiger partial charge in [0, 0.05) is 18.6 Å². The SMILES string of the molecule is CC(=O)OC(C)OC(=O)[C@@H]1N2C(=O)[C@@H](NC(=O)C(N)c3ccccc3)[C@H]2SC1(C)C.Cl. The maximum Gasteiger partial charge on any atom is 0.333 e. The van der Waals surface area contributed by atoms with E-state index in [4.69, 9.17) is 15.2 Å². The van der Waals surface area contributed by atoms with Crippen LogP contribution in [0.25, 0.3) is 0 Å². The number of carbonyl (C=O) groups is 4. The van der Waals surface area contributed by atoms with Crippen molar-refractivity contribution in [3.05, 3.63) is 35.9 Å². The van der Waals surface area contributed by atoms with Gasteiger partial charge in [-0.1, -0.05) is 30.3 Å². The van der Waals surface area contributed by atoms with E-state index < -0.39 is 52.4 Å². The summed E-state index contributed by atoms with van der Waals surface area (Å²) in [5.41, 5.74) is 6.65. The summed E-state index contributed by atoms with van der Waals surface area (Å²) in [6.45, 7) is 6.28. The first kappa shape index (κ1) is 25.0. The van der Waals surface area contributed by atoms with Gasteiger partial charge in [-0.2, -0.15) is 0 Å². The lowest BCUT2D eigenvalue weighted by Crippen LogP contribution is -2.71. The Hall–Kier alpha value is -2.30. The minimum Gasteiger partial charge on any atom is -0.426 e. The minimum atomic E-state index is -1.06. The zero-order chi connectivity index (χ0) is 22.2. The number of ether oxygens (including phenoxy) is 2. The van der Waals surface area contributed by atoms with Gasteiger partial charge in [-0.05, 0) is 19.4 Å². The topological polar surface area (TPSA) is 128 Å². The number of carbonyl (C=O) groups excluding carboxylic acids is 4. The molecule has 3 N–H and O–H groups in total. The van der Waals surface area contributed by atoms with Gasteiger partial charge in [-0.15, -0.1) is 24.2 Å². The van der Waals surface area contributed by atoms with Crippen LogP contribution >= 0.6 is 24.2 Å². The second-order valence-corrected chi connectivity index (χ2v) is 9.52. The van der Waals surface area contributed by atoms with Crippen molar-refractivity contribution in [3.8, 4) is 0 Å². The zero-order valence-electron chi connectivity index (χ0n) is 17.6. The van der Waals surface area contributed by atoms with Crippen LogP contribution in [0.1, 0.15) is 39.3 Å². The van der Waals surface area contributed by atoms with E-state index >= 15 is 0 Å². The molecule has 0 saturated carbocycles. The fourth-order valence-electron chi connectivity index (χ4n) is 3.67. The van der Waals surface area contributed by atoms with Gasteiger partial charge >= 0.3 is 11.9 Å². The molecule has 2 saturated heterocycles. The third kappa shape index (κ3) is 4.97. The van der Waals surface area contributed by atoms with Crippen molar-refractivity contribution in [1.29, 1.82) is 0 Å². The smallest absolute Gasteiger partial charge is 0.333 e. The number of β-lactam (4-membered cyclic amide) rings is 1. The van der Waals surface area contributed by atoms with Crippen LogP contribution in [-0.4, -0.2) is 57.1 Å². The Morgan fingerprint density at radius 3 is 2.39 bits per heavy atom. The first-order valence-corrected chi connectivity index (χ1v) is 10.4. The van der Waals surface area contributed by atoms with Gasteiger partial charge in [0.25, 0.3) is 0 Å². The highest BCUT2D eigenvalue weighted by Gasteiger charge is 2.64. The molecule has 0 aromatic heterocycles. The standard InChI is InChI=1S/C20H25N3O6S.ClH/c1-10(24)28-11(2)29-19(27)15-20(3,4)30-18-14(17(26)23(15)18)22-16(25)13(21)12-8-6-5-7-9-12;/h5-9,11,13-15,18H,21H2,1-4H3,(H,22,25);1H/t11?,13?,14-,15+,18-;/m1./s1.